The summed E-state index contributed by atoms with van der Waals surface area (Å²) in [5, 5.41) is 4.33. The summed E-state index contributed by atoms with van der Waals surface area (Å²) in [6.45, 7) is 0.365. The Morgan fingerprint density at radius 3 is 2.62 bits per heavy atom. The highest BCUT2D eigenvalue weighted by molar-refractivity contribution is 7.99. The van der Waals surface area contributed by atoms with E-state index >= 15 is 0 Å². The van der Waals surface area contributed by atoms with Gasteiger partial charge in [-0.3, -0.25) is 9.52 Å². The molecule has 2 aromatic carbocycles. The maximum atomic E-state index is 12.5. The van der Waals surface area contributed by atoms with E-state index in [1.807, 2.05) is 5.38 Å². The van der Waals surface area contributed by atoms with Crippen LogP contribution in [0.5, 0.6) is 0 Å². The summed E-state index contributed by atoms with van der Waals surface area (Å²) in [7, 11) is -3.74. The number of nitrogens with two attached hydrogens (primary N) is 2. The molecule has 3 rings (SSSR count). The molecule has 1 aromatic heterocycles. The lowest BCUT2D eigenvalue weighted by Crippen LogP contribution is -2.26. The number of thioether (sulfide) groups is 1. The van der Waals surface area contributed by atoms with Crippen molar-refractivity contribution in [3.63, 3.8) is 0 Å². The summed E-state index contributed by atoms with van der Waals surface area (Å²) in [6, 6.07) is 14.3. The molecule has 9 nitrogen and oxygen atoms in total. The number of hydrogen-bond donors (Lipinski definition) is 4. The van der Waals surface area contributed by atoms with Gasteiger partial charge in [0.2, 0.25) is 0 Å². The van der Waals surface area contributed by atoms with E-state index in [0.29, 0.717) is 23.5 Å². The number of amides is 1. The molecule has 12 heteroatoms. The topological polar surface area (TPSA) is 153 Å². The van der Waals surface area contributed by atoms with Crippen LogP contribution in [0.4, 0.5) is 5.69 Å². The molecule has 0 saturated carbocycles. The second kappa shape index (κ2) is 11.0. The SMILES string of the molecule is NC(N)=NC(SCCNC(=O)c1cccc(NS(=O)(=O)c2ccccc2)c1)c1cscn1. The molecule has 0 radical (unpaired) electrons. The van der Waals surface area contributed by atoms with Crippen LogP contribution in [0.25, 0.3) is 0 Å². The standard InChI is InChI=1S/C20H22N6O3S3/c21-20(22)25-19(17-12-30-13-24-17)31-10-9-23-18(27)14-5-4-6-15(11-14)26-32(28,29)16-7-2-1-3-8-16/h1-8,11-13,19,26H,9-10H2,(H,23,27)(H4,21,22,25). The van der Waals surface area contributed by atoms with Crippen molar-refractivity contribution >= 4 is 50.7 Å². The number of sulfonamides is 1. The predicted molar refractivity (Wildman–Crippen MR) is 129 cm³/mol. The number of rotatable bonds is 10. The number of nitrogens with one attached hydrogen (secondary N) is 2. The maximum absolute atomic E-state index is 12.5. The van der Waals surface area contributed by atoms with Crippen molar-refractivity contribution in [2.45, 2.75) is 10.3 Å². The van der Waals surface area contributed by atoms with Gasteiger partial charge in [0.25, 0.3) is 15.9 Å². The van der Waals surface area contributed by atoms with Gasteiger partial charge in [-0.05, 0) is 30.3 Å². The lowest BCUT2D eigenvalue weighted by molar-refractivity contribution is 0.0956. The molecular weight excluding hydrogens is 468 g/mol. The number of carbonyl (C=O) groups is 1. The Hall–Kier alpha value is -3.09. The first-order chi connectivity index (χ1) is 15.3. The monoisotopic (exact) mass is 490 g/mol. The Morgan fingerprint density at radius 1 is 1.16 bits per heavy atom. The number of thiazole rings is 1. The van der Waals surface area contributed by atoms with E-state index in [1.54, 1.807) is 41.9 Å². The highest BCUT2D eigenvalue weighted by atomic mass is 32.2. The molecule has 6 N–H and O–H groups in total. The van der Waals surface area contributed by atoms with E-state index in [1.165, 1.54) is 41.3 Å². The average Bonchev–Trinajstić information content (AvgIpc) is 3.31. The largest absolute Gasteiger partial charge is 0.370 e. The van der Waals surface area contributed by atoms with Gasteiger partial charge in [-0.2, -0.15) is 0 Å². The summed E-state index contributed by atoms with van der Waals surface area (Å²) in [5.74, 6) is 0.193. The number of hydrogen-bond acceptors (Lipinski definition) is 7. The minimum absolute atomic E-state index is 0.0331. The number of benzene rings is 2. The third-order valence-electron chi connectivity index (χ3n) is 4.06. The van der Waals surface area contributed by atoms with Gasteiger partial charge in [0.1, 0.15) is 5.37 Å². The normalized spacial score (nSPS) is 12.0. The summed E-state index contributed by atoms with van der Waals surface area (Å²) < 4.78 is 27.5. The Kier molecular flexibility index (Phi) is 8.09. The summed E-state index contributed by atoms with van der Waals surface area (Å²) in [4.78, 5) is 21.0. The molecule has 32 heavy (non-hydrogen) atoms. The molecule has 0 bridgehead atoms. The van der Waals surface area contributed by atoms with Crippen LogP contribution in [0, 0.1) is 0 Å². The molecule has 0 fully saturated rings. The van der Waals surface area contributed by atoms with Crippen LogP contribution in [0.3, 0.4) is 0 Å². The van der Waals surface area contributed by atoms with Crippen LogP contribution in [0.1, 0.15) is 21.4 Å². The zero-order chi connectivity index (χ0) is 23.0. The van der Waals surface area contributed by atoms with Gasteiger partial charge < -0.3 is 16.8 Å². The second-order valence-corrected chi connectivity index (χ2v) is 10.0. The minimum Gasteiger partial charge on any atom is -0.370 e. The molecular formula is C20H22N6O3S3. The molecule has 0 aliphatic carbocycles. The number of nitrogens with zero attached hydrogens (tertiary/aromatic N) is 2. The third-order valence-corrected chi connectivity index (χ3v) is 7.17. The van der Waals surface area contributed by atoms with Gasteiger partial charge in [-0.1, -0.05) is 24.3 Å². The molecule has 0 aliphatic rings. The van der Waals surface area contributed by atoms with E-state index in [9.17, 15) is 13.2 Å². The van der Waals surface area contributed by atoms with Gasteiger partial charge in [0.15, 0.2) is 5.96 Å². The predicted octanol–water partition coefficient (Wildman–Crippen LogP) is 2.38. The zero-order valence-corrected chi connectivity index (χ0v) is 19.3. The fraction of sp³-hybridized carbons (Fsp3) is 0.150. The maximum Gasteiger partial charge on any atom is 0.261 e. The van der Waals surface area contributed by atoms with Crippen LogP contribution in [0.15, 0.2) is 75.4 Å². The van der Waals surface area contributed by atoms with Crippen LogP contribution in [-0.4, -0.2) is 37.6 Å². The molecule has 1 heterocycles. The third kappa shape index (κ3) is 6.70. The van der Waals surface area contributed by atoms with Gasteiger partial charge in [-0.25, -0.2) is 18.4 Å². The average molecular weight is 491 g/mol. The number of carbonyl (C=O) groups excluding carboxylic acids is 1. The number of anilines is 1. The van der Waals surface area contributed by atoms with Crippen LogP contribution >= 0.6 is 23.1 Å². The van der Waals surface area contributed by atoms with Crippen molar-refractivity contribution in [2.24, 2.45) is 16.5 Å². The fourth-order valence-corrected chi connectivity index (χ4v) is 5.31. The summed E-state index contributed by atoms with van der Waals surface area (Å²) >= 11 is 2.89. The lowest BCUT2D eigenvalue weighted by atomic mass is 10.2. The Bertz CT molecular complexity index is 1160. The van der Waals surface area contributed by atoms with E-state index in [-0.39, 0.29) is 22.1 Å². The van der Waals surface area contributed by atoms with Crippen LogP contribution in [0.2, 0.25) is 0 Å². The van der Waals surface area contributed by atoms with Crippen molar-refractivity contribution < 1.29 is 13.2 Å². The van der Waals surface area contributed by atoms with Crippen molar-refractivity contribution in [3.8, 4) is 0 Å². The fourth-order valence-electron chi connectivity index (χ4n) is 2.64. The summed E-state index contributed by atoms with van der Waals surface area (Å²) in [5.41, 5.74) is 14.1. The second-order valence-electron chi connectivity index (χ2n) is 6.45. The molecule has 3 aromatic rings. The minimum atomic E-state index is -3.74. The first-order valence-electron chi connectivity index (χ1n) is 9.40. The van der Waals surface area contributed by atoms with E-state index in [4.69, 9.17) is 11.5 Å². The molecule has 0 spiro atoms. The molecule has 0 saturated heterocycles. The van der Waals surface area contributed by atoms with E-state index in [0.717, 1.165) is 5.69 Å². The van der Waals surface area contributed by atoms with Gasteiger partial charge in [0.05, 0.1) is 16.1 Å². The first kappa shape index (κ1) is 23.6. The first-order valence-corrected chi connectivity index (χ1v) is 12.9. The van der Waals surface area contributed by atoms with Crippen molar-refractivity contribution in [2.75, 3.05) is 17.0 Å². The number of aliphatic imine (C=N–C) groups is 1. The van der Waals surface area contributed by atoms with Gasteiger partial charge >= 0.3 is 0 Å². The van der Waals surface area contributed by atoms with Crippen molar-refractivity contribution in [3.05, 3.63) is 76.7 Å². The van der Waals surface area contributed by atoms with Gasteiger partial charge in [-0.15, -0.1) is 23.1 Å². The zero-order valence-electron chi connectivity index (χ0n) is 16.8. The molecule has 1 unspecified atom stereocenters. The summed E-state index contributed by atoms with van der Waals surface area (Å²) in [6.07, 6.45) is 0. The molecule has 168 valence electrons. The Labute approximate surface area is 194 Å². The number of guanidine groups is 1. The van der Waals surface area contributed by atoms with Gasteiger partial charge in [0, 0.05) is 28.9 Å². The smallest absolute Gasteiger partial charge is 0.261 e. The Morgan fingerprint density at radius 2 is 1.94 bits per heavy atom. The van der Waals surface area contributed by atoms with E-state index in [2.05, 4.69) is 20.0 Å². The molecule has 1 atom stereocenters. The van der Waals surface area contributed by atoms with Crippen molar-refractivity contribution in [1.29, 1.82) is 0 Å². The van der Waals surface area contributed by atoms with Crippen LogP contribution < -0.4 is 21.5 Å². The molecule has 1 amide bonds. The lowest BCUT2D eigenvalue weighted by Gasteiger charge is -2.12. The highest BCUT2D eigenvalue weighted by Crippen LogP contribution is 2.29. The quantitative estimate of drug-likeness (QED) is 0.193. The van der Waals surface area contributed by atoms with Crippen LogP contribution in [-0.2, 0) is 10.0 Å². The van der Waals surface area contributed by atoms with E-state index < -0.39 is 10.0 Å². The van der Waals surface area contributed by atoms with Crippen molar-refractivity contribution in [1.82, 2.24) is 10.3 Å². The number of aromatic nitrogens is 1. The molecule has 0 aliphatic heterocycles. The highest BCUT2D eigenvalue weighted by Gasteiger charge is 2.16. The Balaban J connectivity index is 1.56.